The summed E-state index contributed by atoms with van der Waals surface area (Å²) in [6.07, 6.45) is -4.77. The van der Waals surface area contributed by atoms with Gasteiger partial charge in [0.05, 0.1) is 10.1 Å². The molecule has 0 unspecified atom stereocenters. The van der Waals surface area contributed by atoms with Crippen molar-refractivity contribution in [3.8, 4) is 0 Å². The summed E-state index contributed by atoms with van der Waals surface area (Å²) in [5.41, 5.74) is 0.316. The van der Waals surface area contributed by atoms with Gasteiger partial charge < -0.3 is 11.2 Å². The Labute approximate surface area is 169 Å². The number of hydrogen-bond acceptors (Lipinski definition) is 7. The second-order valence-electron chi connectivity index (χ2n) is 6.22. The molecule has 1 aromatic heterocycles. The summed E-state index contributed by atoms with van der Waals surface area (Å²) in [6, 6.07) is 5.17. The van der Waals surface area contributed by atoms with Gasteiger partial charge in [-0.1, -0.05) is 11.8 Å². The summed E-state index contributed by atoms with van der Waals surface area (Å²) in [5.74, 6) is 3.42. The van der Waals surface area contributed by atoms with Crippen LogP contribution in [-0.2, 0) is 21.0 Å². The minimum Gasteiger partial charge on any atom is -0.335 e. The maximum absolute atomic E-state index is 12.7. The lowest BCUT2D eigenvalue weighted by Crippen LogP contribution is -2.30. The molecule has 14 heteroatoms. The van der Waals surface area contributed by atoms with E-state index in [9.17, 15) is 26.4 Å². The molecule has 1 aromatic carbocycles. The SMILES string of the molecule is CC(C)NS(=O)(=O)c1ccc(NC(=O)[C@@H](C)Sc2nnc(C(F)(F)F)n2N)cc1. The molecule has 160 valence electrons. The van der Waals surface area contributed by atoms with E-state index in [0.717, 1.165) is 0 Å². The monoisotopic (exact) mass is 452 g/mol. The van der Waals surface area contributed by atoms with Gasteiger partial charge in [-0.2, -0.15) is 13.2 Å². The van der Waals surface area contributed by atoms with E-state index < -0.39 is 33.2 Å². The van der Waals surface area contributed by atoms with Crippen molar-refractivity contribution in [1.29, 1.82) is 0 Å². The number of carbonyl (C=O) groups is 1. The van der Waals surface area contributed by atoms with Crippen LogP contribution in [0, 0.1) is 0 Å². The van der Waals surface area contributed by atoms with Crippen LogP contribution in [-0.4, -0.2) is 40.5 Å². The lowest BCUT2D eigenvalue weighted by Gasteiger charge is -2.13. The first-order valence-corrected chi connectivity index (χ1v) is 10.5. The van der Waals surface area contributed by atoms with E-state index in [4.69, 9.17) is 5.84 Å². The number of sulfonamides is 1. The molecule has 9 nitrogen and oxygen atoms in total. The molecular formula is C15H19F3N6O3S2. The van der Waals surface area contributed by atoms with Crippen molar-refractivity contribution >= 4 is 33.4 Å². The summed E-state index contributed by atoms with van der Waals surface area (Å²) in [6.45, 7) is 4.82. The van der Waals surface area contributed by atoms with Gasteiger partial charge in [-0.15, -0.1) is 10.2 Å². The van der Waals surface area contributed by atoms with Crippen LogP contribution in [0.25, 0.3) is 0 Å². The first-order valence-electron chi connectivity index (χ1n) is 8.19. The number of aromatic nitrogens is 3. The first kappa shape index (κ1) is 23.0. The van der Waals surface area contributed by atoms with Crippen LogP contribution in [0.1, 0.15) is 26.6 Å². The summed E-state index contributed by atoms with van der Waals surface area (Å²) >= 11 is 0.695. The van der Waals surface area contributed by atoms with Crippen LogP contribution >= 0.6 is 11.8 Å². The Hall–Kier alpha value is -2.32. The normalized spacial score (nSPS) is 13.5. The largest absolute Gasteiger partial charge is 0.453 e. The molecule has 0 radical (unpaired) electrons. The fraction of sp³-hybridized carbons (Fsp3) is 0.400. The molecule has 1 atom stereocenters. The molecule has 0 fully saturated rings. The van der Waals surface area contributed by atoms with Crippen molar-refractivity contribution in [3.05, 3.63) is 30.1 Å². The highest BCUT2D eigenvalue weighted by Gasteiger charge is 2.38. The number of anilines is 1. The van der Waals surface area contributed by atoms with Gasteiger partial charge in [0.15, 0.2) is 0 Å². The van der Waals surface area contributed by atoms with E-state index in [1.165, 1.54) is 31.2 Å². The number of benzene rings is 1. The quantitative estimate of drug-likeness (QED) is 0.431. The van der Waals surface area contributed by atoms with Crippen molar-refractivity contribution in [2.24, 2.45) is 0 Å². The van der Waals surface area contributed by atoms with Crippen LogP contribution in [0.15, 0.2) is 34.3 Å². The second kappa shape index (κ2) is 8.59. The smallest absolute Gasteiger partial charge is 0.335 e. The number of thioether (sulfide) groups is 1. The third-order valence-electron chi connectivity index (χ3n) is 3.39. The predicted octanol–water partition coefficient (Wildman–Crippen LogP) is 1.82. The first-order chi connectivity index (χ1) is 13.3. The van der Waals surface area contributed by atoms with Crippen molar-refractivity contribution in [3.63, 3.8) is 0 Å². The van der Waals surface area contributed by atoms with E-state index in [-0.39, 0.29) is 20.8 Å². The number of nitrogens with zero attached hydrogens (tertiary/aromatic N) is 3. The Morgan fingerprint density at radius 1 is 1.17 bits per heavy atom. The average Bonchev–Trinajstić information content (AvgIpc) is 2.95. The number of nitrogens with two attached hydrogens (primary N) is 1. The van der Waals surface area contributed by atoms with E-state index >= 15 is 0 Å². The molecule has 0 bridgehead atoms. The number of nitrogen functional groups attached to an aromatic ring is 1. The minimum absolute atomic E-state index is 0.0301. The van der Waals surface area contributed by atoms with Gasteiger partial charge in [-0.05, 0) is 45.0 Å². The zero-order chi connectivity index (χ0) is 22.0. The maximum Gasteiger partial charge on any atom is 0.453 e. The van der Waals surface area contributed by atoms with E-state index in [2.05, 4.69) is 20.2 Å². The number of halogens is 3. The Bertz CT molecular complexity index is 974. The number of alkyl halides is 3. The molecular weight excluding hydrogens is 433 g/mol. The van der Waals surface area contributed by atoms with Gasteiger partial charge in [0.2, 0.25) is 21.1 Å². The van der Waals surface area contributed by atoms with Crippen molar-refractivity contribution < 1.29 is 26.4 Å². The topological polar surface area (TPSA) is 132 Å². The van der Waals surface area contributed by atoms with Crippen molar-refractivity contribution in [2.45, 2.75) is 48.3 Å². The molecule has 0 spiro atoms. The van der Waals surface area contributed by atoms with E-state index in [0.29, 0.717) is 17.4 Å². The van der Waals surface area contributed by atoms with Gasteiger partial charge in [0.25, 0.3) is 5.82 Å². The van der Waals surface area contributed by atoms with Crippen LogP contribution in [0.2, 0.25) is 0 Å². The number of hydrogen-bond donors (Lipinski definition) is 3. The zero-order valence-corrected chi connectivity index (χ0v) is 17.2. The van der Waals surface area contributed by atoms with Gasteiger partial charge in [0.1, 0.15) is 0 Å². The number of nitrogens with one attached hydrogen (secondary N) is 2. The van der Waals surface area contributed by atoms with E-state index in [1.807, 2.05) is 0 Å². The molecule has 0 saturated heterocycles. The average molecular weight is 452 g/mol. The molecule has 1 amide bonds. The standard InChI is InChI=1S/C15H19F3N6O3S2/c1-8(2)23-29(26,27)11-6-4-10(5-7-11)20-12(25)9(3)28-14-22-21-13(24(14)19)15(16,17)18/h4-9,23H,19H2,1-3H3,(H,20,25)/t9-/m1/s1. The molecule has 0 saturated carbocycles. The highest BCUT2D eigenvalue weighted by atomic mass is 32.2. The summed E-state index contributed by atoms with van der Waals surface area (Å²) in [4.78, 5) is 12.3. The van der Waals surface area contributed by atoms with Crippen molar-refractivity contribution in [1.82, 2.24) is 19.6 Å². The molecule has 0 aliphatic heterocycles. The molecule has 4 N–H and O–H groups in total. The van der Waals surface area contributed by atoms with Gasteiger partial charge in [-0.3, -0.25) is 4.79 Å². The van der Waals surface area contributed by atoms with Crippen LogP contribution < -0.4 is 15.9 Å². The third kappa shape index (κ3) is 5.83. The second-order valence-corrected chi connectivity index (χ2v) is 9.25. The molecule has 2 rings (SSSR count). The molecule has 2 aromatic rings. The highest BCUT2D eigenvalue weighted by molar-refractivity contribution is 8.00. The Kier molecular flexibility index (Phi) is 6.80. The maximum atomic E-state index is 12.7. The lowest BCUT2D eigenvalue weighted by molar-refractivity contribution is -0.146. The molecule has 0 aliphatic rings. The number of amides is 1. The van der Waals surface area contributed by atoms with E-state index in [1.54, 1.807) is 13.8 Å². The summed E-state index contributed by atoms with van der Waals surface area (Å²) in [5, 5.41) is 7.75. The fourth-order valence-corrected chi connectivity index (χ4v) is 4.12. The fourth-order valence-electron chi connectivity index (χ4n) is 2.10. The van der Waals surface area contributed by atoms with Gasteiger partial charge >= 0.3 is 6.18 Å². The Morgan fingerprint density at radius 3 is 2.24 bits per heavy atom. The highest BCUT2D eigenvalue weighted by Crippen LogP contribution is 2.30. The molecule has 0 aliphatic carbocycles. The zero-order valence-electron chi connectivity index (χ0n) is 15.6. The third-order valence-corrected chi connectivity index (χ3v) is 6.12. The summed E-state index contributed by atoms with van der Waals surface area (Å²) < 4.78 is 65.0. The van der Waals surface area contributed by atoms with Crippen LogP contribution in [0.5, 0.6) is 0 Å². The Balaban J connectivity index is 2.04. The lowest BCUT2D eigenvalue weighted by atomic mass is 10.3. The summed E-state index contributed by atoms with van der Waals surface area (Å²) in [7, 11) is -3.67. The minimum atomic E-state index is -4.77. The van der Waals surface area contributed by atoms with Crippen LogP contribution in [0.4, 0.5) is 18.9 Å². The number of rotatable bonds is 7. The van der Waals surface area contributed by atoms with Gasteiger partial charge in [-0.25, -0.2) is 17.8 Å². The molecule has 29 heavy (non-hydrogen) atoms. The molecule has 1 heterocycles. The number of carbonyl (C=O) groups excluding carboxylic acids is 1. The van der Waals surface area contributed by atoms with Crippen LogP contribution in [0.3, 0.4) is 0 Å². The Morgan fingerprint density at radius 2 is 1.76 bits per heavy atom. The van der Waals surface area contributed by atoms with Crippen molar-refractivity contribution in [2.75, 3.05) is 11.2 Å². The van der Waals surface area contributed by atoms with Gasteiger partial charge in [0, 0.05) is 11.7 Å². The predicted molar refractivity (Wildman–Crippen MR) is 101 cm³/mol.